The molecule has 1 aromatic rings. The maximum absolute atomic E-state index is 11.6. The van der Waals surface area contributed by atoms with E-state index in [1.807, 2.05) is 0 Å². The fourth-order valence-electron chi connectivity index (χ4n) is 1.83. The molecule has 2 atom stereocenters. The highest BCUT2D eigenvalue weighted by Gasteiger charge is 2.26. The quantitative estimate of drug-likeness (QED) is 0.470. The van der Waals surface area contributed by atoms with Crippen molar-refractivity contribution in [2.24, 2.45) is 0 Å². The molecule has 21 heavy (non-hydrogen) atoms. The summed E-state index contributed by atoms with van der Waals surface area (Å²) in [6.45, 7) is 1.38. The van der Waals surface area contributed by atoms with Crippen molar-refractivity contribution in [3.05, 3.63) is 38.9 Å². The molecule has 0 radical (unpaired) electrons. The zero-order valence-corrected chi connectivity index (χ0v) is 11.4. The van der Waals surface area contributed by atoms with Crippen molar-refractivity contribution in [3.8, 4) is 6.07 Å². The van der Waals surface area contributed by atoms with Gasteiger partial charge < -0.3 is 14.9 Å². The lowest BCUT2D eigenvalue weighted by Crippen LogP contribution is -2.19. The van der Waals surface area contributed by atoms with Gasteiger partial charge in [-0.1, -0.05) is 0 Å². The number of ether oxygens (including phenoxy) is 1. The minimum absolute atomic E-state index is 0.0320. The van der Waals surface area contributed by atoms with Gasteiger partial charge in [-0.3, -0.25) is 10.1 Å². The summed E-state index contributed by atoms with van der Waals surface area (Å²) < 4.78 is 4.54. The van der Waals surface area contributed by atoms with Gasteiger partial charge in [0.1, 0.15) is 6.10 Å². The number of hydrogen-bond acceptors (Lipinski definition) is 7. The van der Waals surface area contributed by atoms with Gasteiger partial charge in [-0.2, -0.15) is 5.26 Å². The molecule has 0 aliphatic carbocycles. The minimum atomic E-state index is -1.52. The fraction of sp³-hybridized carbons (Fsp3) is 0.385. The Bertz CT molecular complexity index is 607. The molecule has 0 amide bonds. The second kappa shape index (κ2) is 6.78. The fourth-order valence-corrected chi connectivity index (χ4v) is 1.83. The van der Waals surface area contributed by atoms with Crippen LogP contribution in [0.4, 0.5) is 5.69 Å². The topological polar surface area (TPSA) is 134 Å². The molecule has 0 saturated heterocycles. The van der Waals surface area contributed by atoms with Crippen LogP contribution in [0.15, 0.2) is 12.1 Å². The van der Waals surface area contributed by atoms with Crippen LogP contribution >= 0.6 is 0 Å². The molecular weight excluding hydrogens is 280 g/mol. The summed E-state index contributed by atoms with van der Waals surface area (Å²) in [5, 5.41) is 39.0. The highest BCUT2D eigenvalue weighted by Crippen LogP contribution is 2.29. The predicted molar refractivity (Wildman–Crippen MR) is 70.4 cm³/mol. The normalized spacial score (nSPS) is 13.1. The van der Waals surface area contributed by atoms with E-state index in [-0.39, 0.29) is 28.8 Å². The number of aliphatic hydroxyl groups excluding tert-OH is 2. The number of aliphatic hydroxyl groups is 2. The van der Waals surface area contributed by atoms with E-state index in [1.54, 1.807) is 6.07 Å². The molecule has 0 heterocycles. The average Bonchev–Trinajstić information content (AvgIpc) is 2.45. The Labute approximate surface area is 120 Å². The molecule has 8 heteroatoms. The Morgan fingerprint density at radius 1 is 1.52 bits per heavy atom. The summed E-state index contributed by atoms with van der Waals surface area (Å²) >= 11 is 0. The standard InChI is InChI=1S/C13H14N2O6/c1-7-9(13(18)21-2)5-8(6-10(7)15(19)20)12(17)11(16)3-4-14/h5-6,11-12,16-17H,3H2,1-2H3. The second-order valence-corrected chi connectivity index (χ2v) is 4.34. The summed E-state index contributed by atoms with van der Waals surface area (Å²) in [7, 11) is 1.13. The molecular formula is C13H14N2O6. The molecule has 1 rings (SSSR count). The number of benzene rings is 1. The first-order valence-electron chi connectivity index (χ1n) is 5.93. The smallest absolute Gasteiger partial charge is 0.338 e. The second-order valence-electron chi connectivity index (χ2n) is 4.34. The van der Waals surface area contributed by atoms with Gasteiger partial charge in [-0.25, -0.2) is 4.79 Å². The van der Waals surface area contributed by atoms with Gasteiger partial charge in [0.2, 0.25) is 0 Å². The van der Waals surface area contributed by atoms with Crippen molar-refractivity contribution in [1.29, 1.82) is 5.26 Å². The monoisotopic (exact) mass is 294 g/mol. The zero-order valence-electron chi connectivity index (χ0n) is 11.4. The van der Waals surface area contributed by atoms with Crippen molar-refractivity contribution >= 4 is 11.7 Å². The van der Waals surface area contributed by atoms with Gasteiger partial charge in [0.15, 0.2) is 0 Å². The van der Waals surface area contributed by atoms with Crippen molar-refractivity contribution in [1.82, 2.24) is 0 Å². The first-order chi connectivity index (χ1) is 9.83. The molecule has 112 valence electrons. The van der Waals surface area contributed by atoms with Crippen LogP contribution in [0.1, 0.15) is 34.0 Å². The summed E-state index contributed by atoms with van der Waals surface area (Å²) in [4.78, 5) is 22.0. The van der Waals surface area contributed by atoms with E-state index in [9.17, 15) is 25.1 Å². The number of nitro groups is 1. The van der Waals surface area contributed by atoms with Crippen LogP contribution in [0, 0.1) is 28.4 Å². The van der Waals surface area contributed by atoms with Crippen molar-refractivity contribution in [3.63, 3.8) is 0 Å². The van der Waals surface area contributed by atoms with Gasteiger partial charge in [0.05, 0.1) is 36.2 Å². The van der Waals surface area contributed by atoms with E-state index >= 15 is 0 Å². The minimum Gasteiger partial charge on any atom is -0.465 e. The van der Waals surface area contributed by atoms with Gasteiger partial charge >= 0.3 is 5.97 Å². The van der Waals surface area contributed by atoms with E-state index in [1.165, 1.54) is 13.0 Å². The molecule has 2 unspecified atom stereocenters. The molecule has 0 aromatic heterocycles. The third-order valence-corrected chi connectivity index (χ3v) is 3.01. The van der Waals surface area contributed by atoms with Crippen molar-refractivity contribution in [2.75, 3.05) is 7.11 Å². The van der Waals surface area contributed by atoms with Crippen LogP contribution in [-0.4, -0.2) is 34.3 Å². The molecule has 2 N–H and O–H groups in total. The number of methoxy groups -OCH3 is 1. The highest BCUT2D eigenvalue weighted by molar-refractivity contribution is 5.92. The Hall–Kier alpha value is -2.50. The number of nitro benzene ring substituents is 1. The van der Waals surface area contributed by atoms with Crippen LogP contribution in [0.2, 0.25) is 0 Å². The third-order valence-electron chi connectivity index (χ3n) is 3.01. The Morgan fingerprint density at radius 2 is 2.14 bits per heavy atom. The third kappa shape index (κ3) is 3.53. The number of carbonyl (C=O) groups is 1. The SMILES string of the molecule is COC(=O)c1cc(C(O)C(O)CC#N)cc([N+](=O)[O-])c1C. The Kier molecular flexibility index (Phi) is 5.35. The zero-order chi connectivity index (χ0) is 16.2. The highest BCUT2D eigenvalue weighted by atomic mass is 16.6. The first-order valence-corrected chi connectivity index (χ1v) is 5.93. The largest absolute Gasteiger partial charge is 0.465 e. The summed E-state index contributed by atoms with van der Waals surface area (Å²) in [5.41, 5.74) is -0.394. The lowest BCUT2D eigenvalue weighted by Gasteiger charge is -2.17. The van der Waals surface area contributed by atoms with Crippen LogP contribution in [-0.2, 0) is 4.74 Å². The maximum atomic E-state index is 11.6. The van der Waals surface area contributed by atoms with Crippen LogP contribution in [0.25, 0.3) is 0 Å². The lowest BCUT2D eigenvalue weighted by atomic mass is 9.96. The van der Waals surface area contributed by atoms with E-state index in [0.717, 1.165) is 13.2 Å². The molecule has 0 bridgehead atoms. The maximum Gasteiger partial charge on any atom is 0.338 e. The molecule has 8 nitrogen and oxygen atoms in total. The molecule has 0 aliphatic heterocycles. The van der Waals surface area contributed by atoms with Gasteiger partial charge in [0.25, 0.3) is 5.69 Å². The van der Waals surface area contributed by atoms with Gasteiger partial charge in [-0.15, -0.1) is 0 Å². The Morgan fingerprint density at radius 3 is 2.62 bits per heavy atom. The summed E-state index contributed by atoms with van der Waals surface area (Å²) in [5.74, 6) is -0.792. The van der Waals surface area contributed by atoms with Crippen LogP contribution < -0.4 is 0 Å². The van der Waals surface area contributed by atoms with Crippen molar-refractivity contribution < 1.29 is 24.7 Å². The number of carbonyl (C=O) groups excluding carboxylic acids is 1. The van der Waals surface area contributed by atoms with Crippen molar-refractivity contribution in [2.45, 2.75) is 25.6 Å². The van der Waals surface area contributed by atoms with E-state index in [0.29, 0.717) is 0 Å². The van der Waals surface area contributed by atoms with Crippen LogP contribution in [0.5, 0.6) is 0 Å². The lowest BCUT2D eigenvalue weighted by molar-refractivity contribution is -0.385. The summed E-state index contributed by atoms with van der Waals surface area (Å²) in [6.07, 6.45) is -3.29. The molecule has 0 spiro atoms. The number of esters is 1. The summed E-state index contributed by atoms with van der Waals surface area (Å²) in [6, 6.07) is 3.95. The molecule has 0 saturated carbocycles. The molecule has 1 aromatic carbocycles. The molecule has 0 fully saturated rings. The van der Waals surface area contributed by atoms with Crippen LogP contribution in [0.3, 0.4) is 0 Å². The predicted octanol–water partition coefficient (Wildman–Crippen LogP) is 0.998. The number of rotatable bonds is 5. The van der Waals surface area contributed by atoms with Gasteiger partial charge in [-0.05, 0) is 18.6 Å². The Balaban J connectivity index is 3.40. The average molecular weight is 294 g/mol. The van der Waals surface area contributed by atoms with E-state index < -0.39 is 23.1 Å². The molecule has 0 aliphatic rings. The number of nitrogens with zero attached hydrogens (tertiary/aromatic N) is 2. The first kappa shape index (κ1) is 16.6. The van der Waals surface area contributed by atoms with E-state index in [2.05, 4.69) is 4.74 Å². The van der Waals surface area contributed by atoms with E-state index in [4.69, 9.17) is 5.26 Å². The van der Waals surface area contributed by atoms with Gasteiger partial charge in [0, 0.05) is 11.6 Å². The number of hydrogen-bond donors (Lipinski definition) is 2. The number of nitriles is 1.